The summed E-state index contributed by atoms with van der Waals surface area (Å²) >= 11 is 1.48. The number of thiazole rings is 1. The highest BCUT2D eigenvalue weighted by atomic mass is 32.1. The first kappa shape index (κ1) is 19.0. The van der Waals surface area contributed by atoms with E-state index in [0.29, 0.717) is 11.4 Å². The summed E-state index contributed by atoms with van der Waals surface area (Å²) in [5.74, 6) is 0.856. The molecule has 1 aromatic carbocycles. The third-order valence-electron chi connectivity index (χ3n) is 4.11. The van der Waals surface area contributed by atoms with Crippen LogP contribution in [-0.4, -0.2) is 29.0 Å². The van der Waals surface area contributed by atoms with Crippen LogP contribution in [0.4, 0.5) is 5.82 Å². The van der Waals surface area contributed by atoms with E-state index in [0.717, 1.165) is 42.3 Å². The Hall–Kier alpha value is -2.73. The maximum atomic E-state index is 12.4. The molecule has 2 aromatic heterocycles. The Morgan fingerprint density at radius 3 is 2.59 bits per heavy atom. The second-order valence-electron chi connectivity index (χ2n) is 6.29. The lowest BCUT2D eigenvalue weighted by molar-refractivity contribution is 0.0956. The molecule has 3 aromatic rings. The molecule has 0 saturated heterocycles. The van der Waals surface area contributed by atoms with Crippen molar-refractivity contribution < 1.29 is 4.79 Å². The lowest BCUT2D eigenvalue weighted by Gasteiger charge is -2.06. The Morgan fingerprint density at radius 1 is 1.04 bits per heavy atom. The van der Waals surface area contributed by atoms with E-state index in [1.54, 1.807) is 6.20 Å². The Labute approximate surface area is 163 Å². The van der Waals surface area contributed by atoms with Gasteiger partial charge >= 0.3 is 0 Å². The number of unbranched alkanes of at least 4 members (excludes halogenated alkanes) is 1. The average Bonchev–Trinajstić information content (AvgIpc) is 3.06. The summed E-state index contributed by atoms with van der Waals surface area (Å²) in [6.07, 6.45) is 4.42. The van der Waals surface area contributed by atoms with E-state index in [9.17, 15) is 4.79 Å². The number of anilines is 1. The number of hydrogen-bond donors (Lipinski definition) is 2. The van der Waals surface area contributed by atoms with Gasteiger partial charge in [-0.1, -0.05) is 36.4 Å². The van der Waals surface area contributed by atoms with Crippen molar-refractivity contribution in [2.45, 2.75) is 26.2 Å². The number of aryl methyl sites for hydroxylation is 1. The highest BCUT2D eigenvalue weighted by Gasteiger charge is 2.15. The van der Waals surface area contributed by atoms with Crippen LogP contribution in [-0.2, 0) is 6.42 Å². The van der Waals surface area contributed by atoms with Crippen molar-refractivity contribution in [2.75, 3.05) is 18.4 Å². The van der Waals surface area contributed by atoms with Crippen LogP contribution in [0.15, 0.2) is 54.7 Å². The van der Waals surface area contributed by atoms with Crippen molar-refractivity contribution in [3.8, 4) is 0 Å². The van der Waals surface area contributed by atoms with Gasteiger partial charge in [0.05, 0.1) is 10.7 Å². The Morgan fingerprint density at radius 2 is 1.81 bits per heavy atom. The van der Waals surface area contributed by atoms with Crippen LogP contribution in [0, 0.1) is 6.92 Å². The molecule has 0 unspecified atom stereocenters. The Bertz CT molecular complexity index is 849. The standard InChI is InChI=1S/C21H24N4OS/c1-16-20(27-19(25-16)15-17-9-3-2-4-10-17)21(26)24-14-8-7-13-23-18-11-5-6-12-22-18/h2-6,9-12H,7-8,13-15H2,1H3,(H,22,23)(H,24,26). The molecule has 0 radical (unpaired) electrons. The van der Waals surface area contributed by atoms with Gasteiger partial charge in [0.2, 0.25) is 0 Å². The second-order valence-corrected chi connectivity index (χ2v) is 7.37. The van der Waals surface area contributed by atoms with Gasteiger partial charge in [-0.15, -0.1) is 11.3 Å². The number of aromatic nitrogens is 2. The topological polar surface area (TPSA) is 66.9 Å². The van der Waals surface area contributed by atoms with Crippen LogP contribution in [0.3, 0.4) is 0 Å². The predicted molar refractivity (Wildman–Crippen MR) is 110 cm³/mol. The number of nitrogens with zero attached hydrogens (tertiary/aromatic N) is 2. The highest BCUT2D eigenvalue weighted by molar-refractivity contribution is 7.13. The van der Waals surface area contributed by atoms with Crippen LogP contribution in [0.5, 0.6) is 0 Å². The zero-order chi connectivity index (χ0) is 18.9. The number of nitrogens with one attached hydrogen (secondary N) is 2. The van der Waals surface area contributed by atoms with E-state index in [-0.39, 0.29) is 5.91 Å². The number of pyridine rings is 1. The number of amides is 1. The van der Waals surface area contributed by atoms with Gasteiger partial charge in [0.25, 0.3) is 5.91 Å². The lowest BCUT2D eigenvalue weighted by atomic mass is 10.2. The van der Waals surface area contributed by atoms with Crippen LogP contribution < -0.4 is 10.6 Å². The van der Waals surface area contributed by atoms with Crippen molar-refractivity contribution in [1.82, 2.24) is 15.3 Å². The van der Waals surface area contributed by atoms with Gasteiger partial charge in [-0.3, -0.25) is 4.79 Å². The molecule has 0 atom stereocenters. The monoisotopic (exact) mass is 380 g/mol. The summed E-state index contributed by atoms with van der Waals surface area (Å²) in [7, 11) is 0. The van der Waals surface area contributed by atoms with Crippen molar-refractivity contribution >= 4 is 23.1 Å². The molecule has 0 aliphatic carbocycles. The molecule has 3 rings (SSSR count). The van der Waals surface area contributed by atoms with E-state index in [4.69, 9.17) is 0 Å². The largest absolute Gasteiger partial charge is 0.370 e. The fourth-order valence-electron chi connectivity index (χ4n) is 2.73. The smallest absolute Gasteiger partial charge is 0.263 e. The van der Waals surface area contributed by atoms with Crippen molar-refractivity contribution in [3.05, 3.63) is 75.9 Å². The maximum Gasteiger partial charge on any atom is 0.263 e. The van der Waals surface area contributed by atoms with Crippen LogP contribution in [0.1, 0.15) is 38.8 Å². The molecule has 2 heterocycles. The quantitative estimate of drug-likeness (QED) is 0.550. The van der Waals surface area contributed by atoms with Crippen molar-refractivity contribution in [1.29, 1.82) is 0 Å². The third-order valence-corrected chi connectivity index (χ3v) is 5.26. The van der Waals surface area contributed by atoms with E-state index < -0.39 is 0 Å². The number of rotatable bonds is 9. The number of carbonyl (C=O) groups excluding carboxylic acids is 1. The van der Waals surface area contributed by atoms with E-state index in [2.05, 4.69) is 32.7 Å². The molecule has 5 nitrogen and oxygen atoms in total. The molecular formula is C21H24N4OS. The molecule has 0 saturated carbocycles. The normalized spacial score (nSPS) is 10.6. The molecular weight excluding hydrogens is 356 g/mol. The first-order valence-corrected chi connectivity index (χ1v) is 9.97. The van der Waals surface area contributed by atoms with Gasteiger partial charge in [-0.2, -0.15) is 0 Å². The van der Waals surface area contributed by atoms with E-state index in [1.165, 1.54) is 16.9 Å². The summed E-state index contributed by atoms with van der Waals surface area (Å²) < 4.78 is 0. The van der Waals surface area contributed by atoms with Crippen molar-refractivity contribution in [2.24, 2.45) is 0 Å². The number of carbonyl (C=O) groups is 1. The molecule has 27 heavy (non-hydrogen) atoms. The molecule has 140 valence electrons. The van der Waals surface area contributed by atoms with Gasteiger partial charge in [0, 0.05) is 25.7 Å². The Kier molecular flexibility index (Phi) is 6.93. The molecule has 2 N–H and O–H groups in total. The zero-order valence-electron chi connectivity index (χ0n) is 15.4. The second kappa shape index (κ2) is 9.83. The maximum absolute atomic E-state index is 12.4. The molecule has 0 aliphatic heterocycles. The highest BCUT2D eigenvalue weighted by Crippen LogP contribution is 2.20. The number of benzene rings is 1. The molecule has 1 amide bonds. The molecule has 0 fully saturated rings. The van der Waals surface area contributed by atoms with E-state index >= 15 is 0 Å². The van der Waals surface area contributed by atoms with Gasteiger partial charge in [0.1, 0.15) is 10.7 Å². The summed E-state index contributed by atoms with van der Waals surface area (Å²) in [5, 5.41) is 7.25. The number of hydrogen-bond acceptors (Lipinski definition) is 5. The minimum absolute atomic E-state index is 0.0259. The van der Waals surface area contributed by atoms with Crippen LogP contribution >= 0.6 is 11.3 Å². The molecule has 0 bridgehead atoms. The van der Waals surface area contributed by atoms with Crippen molar-refractivity contribution in [3.63, 3.8) is 0 Å². The Balaban J connectivity index is 1.40. The molecule has 0 aliphatic rings. The van der Waals surface area contributed by atoms with Gasteiger partial charge < -0.3 is 10.6 Å². The van der Waals surface area contributed by atoms with E-state index in [1.807, 2.05) is 43.3 Å². The SMILES string of the molecule is Cc1nc(Cc2ccccc2)sc1C(=O)NCCCCNc1ccccn1. The van der Waals surface area contributed by atoms with Gasteiger partial charge in [-0.05, 0) is 37.5 Å². The fourth-order valence-corrected chi connectivity index (χ4v) is 3.74. The minimum Gasteiger partial charge on any atom is -0.370 e. The minimum atomic E-state index is -0.0259. The first-order chi connectivity index (χ1) is 13.2. The third kappa shape index (κ3) is 5.89. The summed E-state index contributed by atoms with van der Waals surface area (Å²) in [6.45, 7) is 3.40. The fraction of sp³-hybridized carbons (Fsp3) is 0.286. The summed E-state index contributed by atoms with van der Waals surface area (Å²) in [6, 6.07) is 16.0. The van der Waals surface area contributed by atoms with Crippen LogP contribution in [0.25, 0.3) is 0 Å². The van der Waals surface area contributed by atoms with Crippen LogP contribution in [0.2, 0.25) is 0 Å². The van der Waals surface area contributed by atoms with Gasteiger partial charge in [-0.25, -0.2) is 9.97 Å². The lowest BCUT2D eigenvalue weighted by Crippen LogP contribution is -2.24. The summed E-state index contributed by atoms with van der Waals surface area (Å²) in [4.78, 5) is 21.9. The predicted octanol–water partition coefficient (Wildman–Crippen LogP) is 4.06. The first-order valence-electron chi connectivity index (χ1n) is 9.15. The molecule has 0 spiro atoms. The average molecular weight is 381 g/mol. The summed E-state index contributed by atoms with van der Waals surface area (Å²) in [5.41, 5.74) is 2.01. The zero-order valence-corrected chi connectivity index (χ0v) is 16.3. The molecule has 6 heteroatoms. The van der Waals surface area contributed by atoms with Gasteiger partial charge in [0.15, 0.2) is 0 Å².